The quantitative estimate of drug-likeness (QED) is 0.325. The van der Waals surface area contributed by atoms with Gasteiger partial charge in [-0.15, -0.1) is 0 Å². The van der Waals surface area contributed by atoms with E-state index in [2.05, 4.69) is 131 Å². The molecule has 0 aliphatic carbocycles. The van der Waals surface area contributed by atoms with Crippen LogP contribution in [0.5, 0.6) is 0 Å². The summed E-state index contributed by atoms with van der Waals surface area (Å²) in [4.78, 5) is 4.80. The van der Waals surface area contributed by atoms with E-state index < -0.39 is 39.5 Å². The van der Waals surface area contributed by atoms with Crippen LogP contribution in [0.2, 0.25) is 9.88 Å². The Kier molecular flexibility index (Phi) is 8.68. The molecule has 0 spiro atoms. The third kappa shape index (κ3) is 6.25. The van der Waals surface area contributed by atoms with E-state index in [0.717, 1.165) is 0 Å². The van der Waals surface area contributed by atoms with Gasteiger partial charge in [-0.05, 0) is 0 Å². The Labute approximate surface area is 183 Å². The summed E-state index contributed by atoms with van der Waals surface area (Å²) in [6.07, 6.45) is 0. The Morgan fingerprint density at radius 2 is 0.607 bits per heavy atom. The van der Waals surface area contributed by atoms with Crippen LogP contribution >= 0.6 is 0 Å². The molecule has 0 unspecified atom stereocenters. The Hall–Kier alpha value is -1.52. The topological polar surface area (TPSA) is 0 Å². The molecule has 2 heteroatoms. The Morgan fingerprint density at radius 1 is 0.357 bits per heavy atom. The van der Waals surface area contributed by atoms with Gasteiger partial charge >= 0.3 is 185 Å². The molecule has 0 aromatic heterocycles. The van der Waals surface area contributed by atoms with E-state index in [9.17, 15) is 0 Å². The standard InChI is InChI=1S/4C6H5.2CH3.2Sn/c4*1-2-4-6-5-3-1;;;;/h4*1-5H;2*1H3;;. The van der Waals surface area contributed by atoms with Crippen molar-refractivity contribution in [1.82, 2.24) is 0 Å². The van der Waals surface area contributed by atoms with Gasteiger partial charge in [0.1, 0.15) is 0 Å². The van der Waals surface area contributed by atoms with Crippen LogP contribution in [0.15, 0.2) is 121 Å². The first kappa shape index (κ1) is 21.2. The van der Waals surface area contributed by atoms with E-state index in [0.29, 0.717) is 0 Å². The molecule has 0 amide bonds. The second-order valence-electron chi connectivity index (χ2n) is 6.84. The molecule has 4 aromatic rings. The molecule has 28 heavy (non-hydrogen) atoms. The normalized spacial score (nSPS) is 10.4. The average molecular weight is 576 g/mol. The van der Waals surface area contributed by atoms with Crippen LogP contribution in [0.1, 0.15) is 0 Å². The van der Waals surface area contributed by atoms with Gasteiger partial charge in [-0.2, -0.15) is 0 Å². The molecule has 0 aliphatic rings. The molecule has 0 fully saturated rings. The van der Waals surface area contributed by atoms with Gasteiger partial charge in [0.15, 0.2) is 0 Å². The maximum atomic E-state index is 2.40. The maximum absolute atomic E-state index is 2.40. The molecule has 0 bridgehead atoms. The van der Waals surface area contributed by atoms with E-state index in [1.165, 1.54) is 10.7 Å². The van der Waals surface area contributed by atoms with Crippen LogP contribution in [0.4, 0.5) is 0 Å². The fraction of sp³-hybridized carbons (Fsp3) is 0.0769. The molecule has 4 aromatic carbocycles. The summed E-state index contributed by atoms with van der Waals surface area (Å²) in [5.74, 6) is 0. The molecule has 0 aliphatic heterocycles. The zero-order valence-corrected chi connectivity index (χ0v) is 22.3. The minimum absolute atomic E-state index is 1.02. The third-order valence-corrected chi connectivity index (χ3v) is 16.6. The molecule has 0 heterocycles. The summed E-state index contributed by atoms with van der Waals surface area (Å²) in [5, 5.41) is 0. The summed E-state index contributed by atoms with van der Waals surface area (Å²) < 4.78 is 6.20. The number of benzene rings is 4. The Morgan fingerprint density at radius 3 is 0.821 bits per heavy atom. The average Bonchev–Trinajstić information content (AvgIpc) is 2.77. The second-order valence-corrected chi connectivity index (χ2v) is 21.3. The van der Waals surface area contributed by atoms with Crippen molar-refractivity contribution in [3.05, 3.63) is 121 Å². The van der Waals surface area contributed by atoms with Crippen LogP contribution in [0.25, 0.3) is 0 Å². The van der Waals surface area contributed by atoms with Crippen LogP contribution in [-0.2, 0) is 0 Å². The van der Waals surface area contributed by atoms with Crippen molar-refractivity contribution >= 4 is 53.8 Å². The van der Waals surface area contributed by atoms with Gasteiger partial charge < -0.3 is 0 Å². The van der Waals surface area contributed by atoms with Crippen LogP contribution in [0.3, 0.4) is 0 Å². The van der Waals surface area contributed by atoms with Crippen LogP contribution in [0, 0.1) is 0 Å². The first-order valence-electron chi connectivity index (χ1n) is 9.64. The van der Waals surface area contributed by atoms with E-state index >= 15 is 0 Å². The van der Waals surface area contributed by atoms with Crippen LogP contribution in [-0.4, -0.2) is 39.5 Å². The molecule has 0 saturated heterocycles. The van der Waals surface area contributed by atoms with Gasteiger partial charge in [0.25, 0.3) is 0 Å². The van der Waals surface area contributed by atoms with Crippen molar-refractivity contribution in [2.24, 2.45) is 0 Å². The van der Waals surface area contributed by atoms with Crippen molar-refractivity contribution in [3.8, 4) is 0 Å². The summed E-state index contributed by atoms with van der Waals surface area (Å²) >= 11 is -3.00. The van der Waals surface area contributed by atoms with Crippen LogP contribution < -0.4 is 14.3 Å². The first-order valence-corrected chi connectivity index (χ1v) is 21.1. The number of hydrogen-bond donors (Lipinski definition) is 0. The number of hydrogen-bond acceptors (Lipinski definition) is 0. The molecule has 2 radical (unpaired) electrons. The summed E-state index contributed by atoms with van der Waals surface area (Å²) in [6, 6.07) is 43.8. The third-order valence-electron chi connectivity index (χ3n) is 4.54. The monoisotopic (exact) mass is 578 g/mol. The van der Waals surface area contributed by atoms with Crippen molar-refractivity contribution in [2.75, 3.05) is 0 Å². The van der Waals surface area contributed by atoms with Gasteiger partial charge in [-0.1, -0.05) is 0 Å². The van der Waals surface area contributed by atoms with Gasteiger partial charge in [-0.3, -0.25) is 0 Å². The molecular weight excluding hydrogens is 550 g/mol. The molecule has 0 saturated carbocycles. The van der Waals surface area contributed by atoms with Gasteiger partial charge in [-0.25, -0.2) is 0 Å². The van der Waals surface area contributed by atoms with Crippen molar-refractivity contribution < 1.29 is 0 Å². The predicted octanol–water partition coefficient (Wildman–Crippen LogP) is 3.85. The van der Waals surface area contributed by atoms with Crippen molar-refractivity contribution in [1.29, 1.82) is 0 Å². The summed E-state index contributed by atoms with van der Waals surface area (Å²) in [5.41, 5.74) is 0. The fourth-order valence-corrected chi connectivity index (χ4v) is 12.9. The first-order chi connectivity index (χ1) is 13.8. The van der Waals surface area contributed by atoms with Crippen molar-refractivity contribution in [2.45, 2.75) is 9.88 Å². The van der Waals surface area contributed by atoms with Crippen molar-refractivity contribution in [3.63, 3.8) is 0 Å². The van der Waals surface area contributed by atoms with Gasteiger partial charge in [0, 0.05) is 0 Å². The molecular formula is C26H26Sn2. The predicted molar refractivity (Wildman–Crippen MR) is 128 cm³/mol. The van der Waals surface area contributed by atoms with Gasteiger partial charge in [0.05, 0.1) is 0 Å². The van der Waals surface area contributed by atoms with Gasteiger partial charge in [0.2, 0.25) is 0 Å². The molecule has 138 valence electrons. The SMILES string of the molecule is [CH3][Sn]([CH3])[c]1ccccc1.c1cc[c]([Sn]([c]2ccccc2)[c]2ccccc2)cc1. The molecule has 0 N–H and O–H groups in total. The zero-order valence-electron chi connectivity index (χ0n) is 16.5. The van der Waals surface area contributed by atoms with E-state index in [4.69, 9.17) is 0 Å². The number of rotatable bonds is 4. The molecule has 4 rings (SSSR count). The minimum atomic E-state index is -1.98. The van der Waals surface area contributed by atoms with E-state index in [1.807, 2.05) is 0 Å². The molecule has 0 nitrogen and oxygen atoms in total. The van der Waals surface area contributed by atoms with E-state index in [-0.39, 0.29) is 0 Å². The molecule has 0 atom stereocenters. The Balaban J connectivity index is 0.000000211. The summed E-state index contributed by atoms with van der Waals surface area (Å²) in [7, 11) is 0. The summed E-state index contributed by atoms with van der Waals surface area (Å²) in [6.45, 7) is 0. The second kappa shape index (κ2) is 11.5. The van der Waals surface area contributed by atoms with E-state index in [1.54, 1.807) is 3.58 Å². The zero-order chi connectivity index (χ0) is 19.6. The fourth-order valence-electron chi connectivity index (χ4n) is 3.09. The Bertz CT molecular complexity index is 827.